The van der Waals surface area contributed by atoms with Crippen LogP contribution in [0.25, 0.3) is 0 Å². The van der Waals surface area contributed by atoms with Gasteiger partial charge in [0.2, 0.25) is 0 Å². The van der Waals surface area contributed by atoms with Gasteiger partial charge in [-0.25, -0.2) is 4.39 Å². The Bertz CT molecular complexity index is 1000. The molecule has 3 nitrogen and oxygen atoms in total. The fourth-order valence-corrected chi connectivity index (χ4v) is 3.49. The fourth-order valence-electron chi connectivity index (χ4n) is 2.71. The van der Waals surface area contributed by atoms with Gasteiger partial charge in [-0.3, -0.25) is 4.99 Å². The molecule has 0 radical (unpaired) electrons. The van der Waals surface area contributed by atoms with Crippen molar-refractivity contribution in [3.63, 3.8) is 0 Å². The normalized spacial score (nSPS) is 11.0. The molecule has 5 heteroatoms. The number of rotatable bonds is 6. The third-order valence-electron chi connectivity index (χ3n) is 4.48. The average Bonchev–Trinajstić information content (AvgIpc) is 2.69. The average molecular weight is 489 g/mol. The second-order valence-electron chi connectivity index (χ2n) is 6.43. The molecule has 28 heavy (non-hydrogen) atoms. The number of hydrogen-bond acceptors (Lipinski definition) is 3. The molecule has 3 aromatic rings. The fraction of sp³-hybridized carbons (Fsp3) is 0.174. The molecule has 0 aliphatic heterocycles. The van der Waals surface area contributed by atoms with Gasteiger partial charge in [-0.2, -0.15) is 0 Å². The van der Waals surface area contributed by atoms with E-state index in [-0.39, 0.29) is 5.82 Å². The Labute approximate surface area is 178 Å². The van der Waals surface area contributed by atoms with Gasteiger partial charge in [-0.1, -0.05) is 24.3 Å². The SMILES string of the molecule is COc1cc(C=Nc2cccc(C)c2C)cc(I)c1OCc1ccc(F)cc1. The van der Waals surface area contributed by atoms with E-state index in [9.17, 15) is 4.39 Å². The Balaban J connectivity index is 1.81. The second-order valence-corrected chi connectivity index (χ2v) is 7.59. The highest BCUT2D eigenvalue weighted by molar-refractivity contribution is 14.1. The Morgan fingerprint density at radius 3 is 2.54 bits per heavy atom. The molecular weight excluding hydrogens is 468 g/mol. The zero-order chi connectivity index (χ0) is 20.1. The van der Waals surface area contributed by atoms with E-state index in [1.165, 1.54) is 23.3 Å². The van der Waals surface area contributed by atoms with Crippen molar-refractivity contribution >= 4 is 34.5 Å². The molecule has 0 atom stereocenters. The van der Waals surface area contributed by atoms with E-state index in [1.807, 2.05) is 30.5 Å². The molecule has 0 aliphatic carbocycles. The number of hydrogen-bond donors (Lipinski definition) is 0. The summed E-state index contributed by atoms with van der Waals surface area (Å²) < 4.78 is 25.4. The van der Waals surface area contributed by atoms with Crippen LogP contribution in [0.1, 0.15) is 22.3 Å². The molecule has 3 rings (SSSR count). The minimum absolute atomic E-state index is 0.261. The summed E-state index contributed by atoms with van der Waals surface area (Å²) in [5.74, 6) is 1.04. The summed E-state index contributed by atoms with van der Waals surface area (Å²) in [7, 11) is 1.61. The Morgan fingerprint density at radius 2 is 1.82 bits per heavy atom. The lowest BCUT2D eigenvalue weighted by molar-refractivity contribution is 0.282. The van der Waals surface area contributed by atoms with E-state index in [1.54, 1.807) is 19.2 Å². The number of benzene rings is 3. The molecule has 0 aromatic heterocycles. The summed E-state index contributed by atoms with van der Waals surface area (Å²) in [5.41, 5.74) is 5.15. The van der Waals surface area contributed by atoms with E-state index >= 15 is 0 Å². The first kappa shape index (κ1) is 20.3. The van der Waals surface area contributed by atoms with Crippen LogP contribution in [0.5, 0.6) is 11.5 Å². The second kappa shape index (κ2) is 9.19. The number of aliphatic imine (C=N–C) groups is 1. The van der Waals surface area contributed by atoms with Crippen LogP contribution in [-0.2, 0) is 6.61 Å². The minimum Gasteiger partial charge on any atom is -0.493 e. The maximum atomic E-state index is 13.0. The van der Waals surface area contributed by atoms with Gasteiger partial charge < -0.3 is 9.47 Å². The van der Waals surface area contributed by atoms with Crippen molar-refractivity contribution in [2.75, 3.05) is 7.11 Å². The summed E-state index contributed by atoms with van der Waals surface area (Å²) in [6.45, 7) is 4.48. The molecule has 3 aromatic carbocycles. The lowest BCUT2D eigenvalue weighted by Crippen LogP contribution is -2.01. The maximum absolute atomic E-state index is 13.0. The van der Waals surface area contributed by atoms with Crippen LogP contribution in [0.3, 0.4) is 0 Å². The van der Waals surface area contributed by atoms with Crippen molar-refractivity contribution in [1.29, 1.82) is 0 Å². The van der Waals surface area contributed by atoms with E-state index in [4.69, 9.17) is 9.47 Å². The Morgan fingerprint density at radius 1 is 1.07 bits per heavy atom. The largest absolute Gasteiger partial charge is 0.493 e. The molecule has 0 unspecified atom stereocenters. The topological polar surface area (TPSA) is 30.8 Å². The van der Waals surface area contributed by atoms with Crippen LogP contribution < -0.4 is 9.47 Å². The molecule has 0 saturated carbocycles. The molecule has 0 heterocycles. The molecule has 0 spiro atoms. The lowest BCUT2D eigenvalue weighted by Gasteiger charge is -2.13. The molecular formula is C23H21FINO2. The number of ether oxygens (including phenoxy) is 2. The first-order chi connectivity index (χ1) is 13.5. The highest BCUT2D eigenvalue weighted by Crippen LogP contribution is 2.34. The van der Waals surface area contributed by atoms with Gasteiger partial charge >= 0.3 is 0 Å². The molecule has 0 amide bonds. The molecule has 0 aliphatic rings. The third kappa shape index (κ3) is 4.90. The summed E-state index contributed by atoms with van der Waals surface area (Å²) in [6.07, 6.45) is 1.83. The van der Waals surface area contributed by atoms with E-state index in [0.717, 1.165) is 20.4 Å². The molecule has 0 bridgehead atoms. The quantitative estimate of drug-likeness (QED) is 0.297. The van der Waals surface area contributed by atoms with Crippen LogP contribution >= 0.6 is 22.6 Å². The van der Waals surface area contributed by atoms with Crippen molar-refractivity contribution in [1.82, 2.24) is 0 Å². The maximum Gasteiger partial charge on any atom is 0.174 e. The predicted molar refractivity (Wildman–Crippen MR) is 120 cm³/mol. The van der Waals surface area contributed by atoms with Crippen molar-refractivity contribution in [2.24, 2.45) is 4.99 Å². The molecule has 0 saturated heterocycles. The smallest absolute Gasteiger partial charge is 0.174 e. The number of methoxy groups -OCH3 is 1. The third-order valence-corrected chi connectivity index (χ3v) is 5.28. The van der Waals surface area contributed by atoms with E-state index < -0.39 is 0 Å². The lowest BCUT2D eigenvalue weighted by atomic mass is 10.1. The zero-order valence-corrected chi connectivity index (χ0v) is 18.2. The van der Waals surface area contributed by atoms with Gasteiger partial charge in [0.05, 0.1) is 16.4 Å². The zero-order valence-electron chi connectivity index (χ0n) is 16.0. The van der Waals surface area contributed by atoms with Crippen LogP contribution in [0.2, 0.25) is 0 Å². The van der Waals surface area contributed by atoms with Gasteiger partial charge in [0.25, 0.3) is 0 Å². The van der Waals surface area contributed by atoms with E-state index in [2.05, 4.69) is 47.5 Å². The Hall–Kier alpha value is -2.41. The van der Waals surface area contributed by atoms with Crippen molar-refractivity contribution in [2.45, 2.75) is 20.5 Å². The van der Waals surface area contributed by atoms with Gasteiger partial charge in [0, 0.05) is 6.21 Å². The van der Waals surface area contributed by atoms with Gasteiger partial charge in [-0.05, 0) is 89.0 Å². The van der Waals surface area contributed by atoms with Crippen LogP contribution in [-0.4, -0.2) is 13.3 Å². The highest BCUT2D eigenvalue weighted by Gasteiger charge is 2.12. The van der Waals surface area contributed by atoms with Gasteiger partial charge in [0.15, 0.2) is 11.5 Å². The number of nitrogens with zero attached hydrogens (tertiary/aromatic N) is 1. The van der Waals surface area contributed by atoms with Gasteiger partial charge in [-0.15, -0.1) is 0 Å². The molecule has 0 N–H and O–H groups in total. The standard InChI is InChI=1S/C23H21FINO2/c1-15-5-4-6-21(16(15)2)26-13-18-11-20(25)23(22(12-18)27-3)28-14-17-7-9-19(24)10-8-17/h4-13H,14H2,1-3H3. The highest BCUT2D eigenvalue weighted by atomic mass is 127. The molecule has 144 valence electrons. The van der Waals surface area contributed by atoms with Crippen LogP contribution in [0.4, 0.5) is 10.1 Å². The van der Waals surface area contributed by atoms with Crippen molar-refractivity contribution in [3.8, 4) is 11.5 Å². The summed E-state index contributed by atoms with van der Waals surface area (Å²) in [6, 6.07) is 16.2. The molecule has 0 fully saturated rings. The Kier molecular flexibility index (Phi) is 6.67. The van der Waals surface area contributed by atoms with E-state index in [0.29, 0.717) is 18.1 Å². The predicted octanol–water partition coefficient (Wildman–Crippen LogP) is 6.39. The first-order valence-corrected chi connectivity index (χ1v) is 9.91. The van der Waals surface area contributed by atoms with Crippen molar-refractivity contribution in [3.05, 3.63) is 86.2 Å². The summed E-state index contributed by atoms with van der Waals surface area (Å²) in [5, 5.41) is 0. The number of halogens is 2. The van der Waals surface area contributed by atoms with Crippen LogP contribution in [0.15, 0.2) is 59.6 Å². The van der Waals surface area contributed by atoms with Gasteiger partial charge in [0.1, 0.15) is 12.4 Å². The van der Waals surface area contributed by atoms with Crippen LogP contribution in [0, 0.1) is 23.2 Å². The minimum atomic E-state index is -0.261. The monoisotopic (exact) mass is 489 g/mol. The first-order valence-electron chi connectivity index (χ1n) is 8.83. The number of aryl methyl sites for hydroxylation is 1. The van der Waals surface area contributed by atoms with Crippen molar-refractivity contribution < 1.29 is 13.9 Å². The summed E-state index contributed by atoms with van der Waals surface area (Å²) in [4.78, 5) is 4.62. The summed E-state index contributed by atoms with van der Waals surface area (Å²) >= 11 is 2.22.